The van der Waals surface area contributed by atoms with E-state index in [4.69, 9.17) is 4.74 Å². The van der Waals surface area contributed by atoms with Gasteiger partial charge in [-0.05, 0) is 49.9 Å². The van der Waals surface area contributed by atoms with E-state index in [1.165, 1.54) is 0 Å². The van der Waals surface area contributed by atoms with Crippen molar-refractivity contribution in [1.82, 2.24) is 10.2 Å². The highest BCUT2D eigenvalue weighted by molar-refractivity contribution is 5.96. The van der Waals surface area contributed by atoms with Crippen LogP contribution in [0.4, 0.5) is 5.69 Å². The predicted octanol–water partition coefficient (Wildman–Crippen LogP) is 2.68. The lowest BCUT2D eigenvalue weighted by Crippen LogP contribution is -2.45. The second-order valence-electron chi connectivity index (χ2n) is 7.79. The number of hydrogen-bond acceptors (Lipinski definition) is 4. The fourth-order valence-corrected chi connectivity index (χ4v) is 3.65. The number of anilines is 1. The van der Waals surface area contributed by atoms with Crippen LogP contribution in [0.15, 0.2) is 48.5 Å². The Morgan fingerprint density at radius 1 is 0.968 bits per heavy atom. The Balaban J connectivity index is 1.38. The summed E-state index contributed by atoms with van der Waals surface area (Å²) in [5.74, 6) is -0.0345. The normalized spacial score (nSPS) is 14.1. The lowest BCUT2D eigenvalue weighted by atomic mass is 9.96. The highest BCUT2D eigenvalue weighted by Gasteiger charge is 2.27. The number of amides is 3. The van der Waals surface area contributed by atoms with Gasteiger partial charge in [0.1, 0.15) is 5.75 Å². The van der Waals surface area contributed by atoms with Crippen molar-refractivity contribution in [3.8, 4) is 5.75 Å². The molecule has 1 aliphatic heterocycles. The van der Waals surface area contributed by atoms with Gasteiger partial charge in [0.15, 0.2) is 6.61 Å². The minimum atomic E-state index is -0.253. The van der Waals surface area contributed by atoms with Crippen LogP contribution in [0.2, 0.25) is 0 Å². The lowest BCUT2D eigenvalue weighted by Gasteiger charge is -2.31. The van der Waals surface area contributed by atoms with Crippen LogP contribution < -0.4 is 15.4 Å². The summed E-state index contributed by atoms with van der Waals surface area (Å²) in [5.41, 5.74) is 2.74. The van der Waals surface area contributed by atoms with Crippen LogP contribution in [0, 0.1) is 19.8 Å². The Kier molecular flexibility index (Phi) is 7.65. The molecule has 1 aliphatic rings. The number of ether oxygens (including phenoxy) is 1. The molecule has 2 N–H and O–H groups in total. The summed E-state index contributed by atoms with van der Waals surface area (Å²) in [6.45, 7) is 4.78. The van der Waals surface area contributed by atoms with E-state index >= 15 is 0 Å². The van der Waals surface area contributed by atoms with E-state index in [2.05, 4.69) is 10.6 Å². The molecule has 0 aliphatic carbocycles. The Morgan fingerprint density at radius 2 is 1.61 bits per heavy atom. The SMILES string of the molecule is Cc1cccc(C)c1NC(=O)CNC(=O)C1CCN(C(=O)COc2ccccc2)CC1. The lowest BCUT2D eigenvalue weighted by molar-refractivity contribution is -0.137. The van der Waals surface area contributed by atoms with Gasteiger partial charge in [-0.2, -0.15) is 0 Å². The summed E-state index contributed by atoms with van der Waals surface area (Å²) in [4.78, 5) is 38.8. The van der Waals surface area contributed by atoms with E-state index in [0.29, 0.717) is 31.7 Å². The first kappa shape index (κ1) is 22.3. The van der Waals surface area contributed by atoms with Gasteiger partial charge in [-0.15, -0.1) is 0 Å². The summed E-state index contributed by atoms with van der Waals surface area (Å²) < 4.78 is 5.51. The Labute approximate surface area is 182 Å². The molecule has 2 aromatic carbocycles. The van der Waals surface area contributed by atoms with Gasteiger partial charge in [0.05, 0.1) is 6.54 Å². The van der Waals surface area contributed by atoms with Gasteiger partial charge in [-0.1, -0.05) is 36.4 Å². The minimum absolute atomic E-state index is 0.0145. The van der Waals surface area contributed by atoms with Gasteiger partial charge in [-0.3, -0.25) is 14.4 Å². The predicted molar refractivity (Wildman–Crippen MR) is 119 cm³/mol. The number of nitrogens with one attached hydrogen (secondary N) is 2. The van der Waals surface area contributed by atoms with Crippen molar-refractivity contribution in [3.05, 3.63) is 59.7 Å². The molecule has 7 heteroatoms. The smallest absolute Gasteiger partial charge is 0.260 e. The van der Waals surface area contributed by atoms with E-state index in [1.54, 1.807) is 17.0 Å². The summed E-state index contributed by atoms with van der Waals surface area (Å²) in [7, 11) is 0. The fraction of sp³-hybridized carbons (Fsp3) is 0.375. The average Bonchev–Trinajstić information content (AvgIpc) is 2.79. The van der Waals surface area contributed by atoms with Crippen LogP contribution in [0.25, 0.3) is 0 Å². The molecule has 0 atom stereocenters. The third-order valence-corrected chi connectivity index (χ3v) is 5.49. The van der Waals surface area contributed by atoms with Gasteiger partial charge in [0, 0.05) is 24.7 Å². The van der Waals surface area contributed by atoms with E-state index < -0.39 is 0 Å². The van der Waals surface area contributed by atoms with E-state index in [0.717, 1.165) is 16.8 Å². The topological polar surface area (TPSA) is 87.7 Å². The van der Waals surface area contributed by atoms with Crippen LogP contribution in [-0.2, 0) is 14.4 Å². The summed E-state index contributed by atoms with van der Waals surface area (Å²) in [5, 5.41) is 5.59. The van der Waals surface area contributed by atoms with Crippen LogP contribution in [0.3, 0.4) is 0 Å². The molecule has 31 heavy (non-hydrogen) atoms. The number of hydrogen-bond donors (Lipinski definition) is 2. The monoisotopic (exact) mass is 423 g/mol. The number of aryl methyl sites for hydroxylation is 2. The van der Waals surface area contributed by atoms with Crippen LogP contribution in [-0.4, -0.2) is 48.9 Å². The molecule has 0 unspecified atom stereocenters. The second-order valence-corrected chi connectivity index (χ2v) is 7.79. The molecular formula is C24H29N3O4. The molecule has 0 bridgehead atoms. The first-order valence-corrected chi connectivity index (χ1v) is 10.5. The van der Waals surface area contributed by atoms with Crippen LogP contribution in [0.5, 0.6) is 5.75 Å². The van der Waals surface area contributed by atoms with Gasteiger partial charge in [0.2, 0.25) is 11.8 Å². The molecule has 0 saturated carbocycles. The largest absolute Gasteiger partial charge is 0.484 e. The number of rotatable bonds is 7. The first-order chi connectivity index (χ1) is 14.9. The van der Waals surface area contributed by atoms with E-state index in [1.807, 2.05) is 50.2 Å². The Morgan fingerprint density at radius 3 is 2.26 bits per heavy atom. The number of carbonyl (C=O) groups excluding carboxylic acids is 3. The van der Waals surface area contributed by atoms with Crippen LogP contribution in [0.1, 0.15) is 24.0 Å². The number of para-hydroxylation sites is 2. The van der Waals surface area contributed by atoms with Crippen molar-refractivity contribution in [2.45, 2.75) is 26.7 Å². The third kappa shape index (κ3) is 6.31. The van der Waals surface area contributed by atoms with Gasteiger partial charge in [0.25, 0.3) is 5.91 Å². The van der Waals surface area contributed by atoms with Gasteiger partial charge < -0.3 is 20.3 Å². The molecule has 1 saturated heterocycles. The van der Waals surface area contributed by atoms with Crippen molar-refractivity contribution in [2.75, 3.05) is 31.6 Å². The minimum Gasteiger partial charge on any atom is -0.484 e. The number of likely N-dealkylation sites (tertiary alicyclic amines) is 1. The molecule has 3 amide bonds. The maximum Gasteiger partial charge on any atom is 0.260 e. The number of benzene rings is 2. The van der Waals surface area contributed by atoms with Gasteiger partial charge >= 0.3 is 0 Å². The summed E-state index contributed by atoms with van der Waals surface area (Å²) in [6, 6.07) is 15.0. The van der Waals surface area contributed by atoms with E-state index in [9.17, 15) is 14.4 Å². The molecule has 0 aromatic heterocycles. The molecule has 164 valence electrons. The third-order valence-electron chi connectivity index (χ3n) is 5.49. The summed E-state index contributed by atoms with van der Waals surface area (Å²) in [6.07, 6.45) is 1.14. The first-order valence-electron chi connectivity index (χ1n) is 10.5. The van der Waals surface area contributed by atoms with E-state index in [-0.39, 0.29) is 36.8 Å². The molecule has 0 radical (unpaired) electrons. The van der Waals surface area contributed by atoms with Crippen molar-refractivity contribution in [3.63, 3.8) is 0 Å². The zero-order chi connectivity index (χ0) is 22.2. The van der Waals surface area contributed by atoms with Crippen molar-refractivity contribution in [2.24, 2.45) is 5.92 Å². The number of nitrogens with zero attached hydrogens (tertiary/aromatic N) is 1. The Bertz CT molecular complexity index is 901. The zero-order valence-corrected chi connectivity index (χ0v) is 18.0. The molecule has 1 fully saturated rings. The highest BCUT2D eigenvalue weighted by atomic mass is 16.5. The van der Waals surface area contributed by atoms with Crippen molar-refractivity contribution < 1.29 is 19.1 Å². The summed E-state index contributed by atoms with van der Waals surface area (Å²) >= 11 is 0. The van der Waals surface area contributed by atoms with Gasteiger partial charge in [-0.25, -0.2) is 0 Å². The molecule has 7 nitrogen and oxygen atoms in total. The molecule has 2 aromatic rings. The Hall–Kier alpha value is -3.35. The fourth-order valence-electron chi connectivity index (χ4n) is 3.65. The second kappa shape index (κ2) is 10.6. The van der Waals surface area contributed by atoms with Crippen molar-refractivity contribution in [1.29, 1.82) is 0 Å². The standard InChI is InChI=1S/C24H29N3O4/c1-17-7-6-8-18(2)23(17)26-21(28)15-25-24(30)19-11-13-27(14-12-19)22(29)16-31-20-9-4-3-5-10-20/h3-10,19H,11-16H2,1-2H3,(H,25,30)(H,26,28). The average molecular weight is 424 g/mol. The maximum absolute atomic E-state index is 12.5. The number of piperidine rings is 1. The maximum atomic E-state index is 12.5. The van der Waals surface area contributed by atoms with Crippen molar-refractivity contribution >= 4 is 23.4 Å². The molecule has 0 spiro atoms. The molecule has 3 rings (SSSR count). The van der Waals surface area contributed by atoms with Crippen LogP contribution >= 0.6 is 0 Å². The molecule has 1 heterocycles. The quantitative estimate of drug-likeness (QED) is 0.717. The molecular weight excluding hydrogens is 394 g/mol. The number of carbonyl (C=O) groups is 3. The zero-order valence-electron chi connectivity index (χ0n) is 18.0. The highest BCUT2D eigenvalue weighted by Crippen LogP contribution is 2.20.